The van der Waals surface area contributed by atoms with Crippen LogP contribution in [0.1, 0.15) is 19.8 Å². The minimum atomic E-state index is -0.268. The SMILES string of the molecule is CC(O)CN(CCCN)CCCN. The van der Waals surface area contributed by atoms with Gasteiger partial charge in [0.2, 0.25) is 0 Å². The van der Waals surface area contributed by atoms with Gasteiger partial charge in [0.15, 0.2) is 0 Å². The fourth-order valence-electron chi connectivity index (χ4n) is 1.30. The Bertz CT molecular complexity index is 101. The van der Waals surface area contributed by atoms with Crippen LogP contribution in [0.15, 0.2) is 0 Å². The zero-order valence-electron chi connectivity index (χ0n) is 8.58. The van der Waals surface area contributed by atoms with Gasteiger partial charge in [0.1, 0.15) is 0 Å². The van der Waals surface area contributed by atoms with E-state index in [4.69, 9.17) is 11.5 Å². The molecule has 0 spiro atoms. The van der Waals surface area contributed by atoms with Gasteiger partial charge in [-0.3, -0.25) is 0 Å². The van der Waals surface area contributed by atoms with Crippen LogP contribution in [0.25, 0.3) is 0 Å². The van der Waals surface area contributed by atoms with E-state index in [0.717, 1.165) is 32.5 Å². The van der Waals surface area contributed by atoms with Crippen LogP contribution in [0.5, 0.6) is 0 Å². The second kappa shape index (κ2) is 8.44. The predicted octanol–water partition coefficient (Wildman–Crippen LogP) is -0.633. The number of hydrogen-bond acceptors (Lipinski definition) is 4. The zero-order valence-corrected chi connectivity index (χ0v) is 8.58. The predicted molar refractivity (Wildman–Crippen MR) is 55.5 cm³/mol. The molecule has 4 heteroatoms. The maximum atomic E-state index is 9.22. The van der Waals surface area contributed by atoms with Crippen LogP contribution in [0.3, 0.4) is 0 Å². The number of nitrogens with two attached hydrogens (primary N) is 2. The molecule has 0 aliphatic carbocycles. The maximum Gasteiger partial charge on any atom is 0.0639 e. The molecule has 0 aromatic carbocycles. The first-order chi connectivity index (χ1) is 6.20. The minimum Gasteiger partial charge on any atom is -0.392 e. The highest BCUT2D eigenvalue weighted by Gasteiger charge is 2.06. The van der Waals surface area contributed by atoms with Gasteiger partial charge in [-0.25, -0.2) is 0 Å². The van der Waals surface area contributed by atoms with Gasteiger partial charge in [0.05, 0.1) is 6.10 Å². The smallest absolute Gasteiger partial charge is 0.0639 e. The Morgan fingerprint density at radius 2 is 1.62 bits per heavy atom. The second-order valence-corrected chi connectivity index (χ2v) is 3.43. The lowest BCUT2D eigenvalue weighted by Gasteiger charge is -2.23. The van der Waals surface area contributed by atoms with Crippen LogP contribution < -0.4 is 11.5 Å². The van der Waals surface area contributed by atoms with E-state index in [2.05, 4.69) is 4.90 Å². The monoisotopic (exact) mass is 189 g/mol. The molecule has 4 nitrogen and oxygen atoms in total. The molecule has 80 valence electrons. The maximum absolute atomic E-state index is 9.22. The Balaban J connectivity index is 3.60. The lowest BCUT2D eigenvalue weighted by atomic mass is 10.3. The van der Waals surface area contributed by atoms with Gasteiger partial charge in [0.25, 0.3) is 0 Å². The third-order valence-corrected chi connectivity index (χ3v) is 1.88. The number of aliphatic hydroxyl groups is 1. The van der Waals surface area contributed by atoms with Crippen molar-refractivity contribution in [1.82, 2.24) is 4.90 Å². The Kier molecular flexibility index (Phi) is 8.33. The van der Waals surface area contributed by atoms with Crippen molar-refractivity contribution in [2.45, 2.75) is 25.9 Å². The van der Waals surface area contributed by atoms with Crippen LogP contribution in [-0.4, -0.2) is 48.8 Å². The lowest BCUT2D eigenvalue weighted by molar-refractivity contribution is 0.125. The van der Waals surface area contributed by atoms with Gasteiger partial charge in [-0.2, -0.15) is 0 Å². The van der Waals surface area contributed by atoms with Crippen molar-refractivity contribution in [3.8, 4) is 0 Å². The van der Waals surface area contributed by atoms with E-state index in [-0.39, 0.29) is 6.10 Å². The van der Waals surface area contributed by atoms with Gasteiger partial charge in [0, 0.05) is 6.54 Å². The molecule has 0 rings (SSSR count). The highest BCUT2D eigenvalue weighted by molar-refractivity contribution is 4.62. The second-order valence-electron chi connectivity index (χ2n) is 3.43. The number of hydrogen-bond donors (Lipinski definition) is 3. The summed E-state index contributed by atoms with van der Waals surface area (Å²) in [6.07, 6.45) is 1.70. The molecule has 0 bridgehead atoms. The first kappa shape index (κ1) is 12.8. The summed E-state index contributed by atoms with van der Waals surface area (Å²) >= 11 is 0. The molecule has 0 aliphatic rings. The number of aliphatic hydroxyl groups excluding tert-OH is 1. The van der Waals surface area contributed by atoms with Crippen LogP contribution >= 0.6 is 0 Å². The highest BCUT2D eigenvalue weighted by atomic mass is 16.3. The van der Waals surface area contributed by atoms with Crippen molar-refractivity contribution in [2.24, 2.45) is 11.5 Å². The fourth-order valence-corrected chi connectivity index (χ4v) is 1.30. The summed E-state index contributed by atoms with van der Waals surface area (Å²) in [4.78, 5) is 2.21. The van der Waals surface area contributed by atoms with E-state index in [1.807, 2.05) is 0 Å². The zero-order chi connectivity index (χ0) is 10.1. The molecule has 1 atom stereocenters. The topological polar surface area (TPSA) is 75.5 Å². The van der Waals surface area contributed by atoms with Gasteiger partial charge in [-0.15, -0.1) is 0 Å². The molecular formula is C9H23N3O. The molecule has 0 heterocycles. The molecule has 0 fully saturated rings. The standard InChI is InChI=1S/C9H23N3O/c1-9(13)8-12(6-2-4-10)7-3-5-11/h9,13H,2-8,10-11H2,1H3. The fraction of sp³-hybridized carbons (Fsp3) is 1.00. The van der Waals surface area contributed by atoms with Crippen LogP contribution in [0.2, 0.25) is 0 Å². The molecule has 0 aromatic heterocycles. The van der Waals surface area contributed by atoms with E-state index in [1.165, 1.54) is 0 Å². The molecule has 0 saturated heterocycles. The Labute approximate surface area is 80.9 Å². The largest absolute Gasteiger partial charge is 0.392 e. The Hall–Kier alpha value is -0.160. The van der Waals surface area contributed by atoms with Gasteiger partial charge >= 0.3 is 0 Å². The molecule has 5 N–H and O–H groups in total. The van der Waals surface area contributed by atoms with E-state index < -0.39 is 0 Å². The molecule has 0 aromatic rings. The van der Waals surface area contributed by atoms with Crippen molar-refractivity contribution in [3.05, 3.63) is 0 Å². The van der Waals surface area contributed by atoms with E-state index >= 15 is 0 Å². The van der Waals surface area contributed by atoms with Crippen LogP contribution in [-0.2, 0) is 0 Å². The summed E-state index contributed by atoms with van der Waals surface area (Å²) in [7, 11) is 0. The van der Waals surface area contributed by atoms with E-state index in [9.17, 15) is 5.11 Å². The molecule has 0 amide bonds. The van der Waals surface area contributed by atoms with E-state index in [1.54, 1.807) is 6.92 Å². The van der Waals surface area contributed by atoms with Crippen LogP contribution in [0, 0.1) is 0 Å². The third kappa shape index (κ3) is 8.18. The van der Waals surface area contributed by atoms with Gasteiger partial charge < -0.3 is 21.5 Å². The lowest BCUT2D eigenvalue weighted by Crippen LogP contribution is -2.34. The van der Waals surface area contributed by atoms with Crippen LogP contribution in [0.4, 0.5) is 0 Å². The molecular weight excluding hydrogens is 166 g/mol. The number of nitrogens with zero attached hydrogens (tertiary/aromatic N) is 1. The average molecular weight is 189 g/mol. The summed E-state index contributed by atoms with van der Waals surface area (Å²) in [6.45, 7) is 5.86. The summed E-state index contributed by atoms with van der Waals surface area (Å²) in [5.41, 5.74) is 10.8. The van der Waals surface area contributed by atoms with E-state index in [0.29, 0.717) is 13.1 Å². The van der Waals surface area contributed by atoms with Gasteiger partial charge in [-0.1, -0.05) is 0 Å². The first-order valence-electron chi connectivity index (χ1n) is 5.01. The van der Waals surface area contributed by atoms with Gasteiger partial charge in [-0.05, 0) is 45.9 Å². The summed E-state index contributed by atoms with van der Waals surface area (Å²) in [6, 6.07) is 0. The summed E-state index contributed by atoms with van der Waals surface area (Å²) < 4.78 is 0. The number of rotatable bonds is 8. The molecule has 0 radical (unpaired) electrons. The summed E-state index contributed by atoms with van der Waals surface area (Å²) in [5, 5.41) is 9.22. The third-order valence-electron chi connectivity index (χ3n) is 1.88. The minimum absolute atomic E-state index is 0.268. The molecule has 1 unspecified atom stereocenters. The Morgan fingerprint density at radius 3 is 1.92 bits per heavy atom. The quantitative estimate of drug-likeness (QED) is 0.475. The van der Waals surface area contributed by atoms with Crippen molar-refractivity contribution in [2.75, 3.05) is 32.7 Å². The normalized spacial score (nSPS) is 13.6. The molecule has 13 heavy (non-hydrogen) atoms. The van der Waals surface area contributed by atoms with Crippen molar-refractivity contribution in [3.63, 3.8) is 0 Å². The Morgan fingerprint density at radius 1 is 1.15 bits per heavy atom. The van der Waals surface area contributed by atoms with Crippen molar-refractivity contribution < 1.29 is 5.11 Å². The highest BCUT2D eigenvalue weighted by Crippen LogP contribution is 1.95. The van der Waals surface area contributed by atoms with Crippen molar-refractivity contribution in [1.29, 1.82) is 0 Å². The molecule has 0 aliphatic heterocycles. The first-order valence-corrected chi connectivity index (χ1v) is 5.01. The molecule has 0 saturated carbocycles. The van der Waals surface area contributed by atoms with Crippen molar-refractivity contribution >= 4 is 0 Å². The average Bonchev–Trinajstić information content (AvgIpc) is 2.09. The summed E-state index contributed by atoms with van der Waals surface area (Å²) in [5.74, 6) is 0.